The summed E-state index contributed by atoms with van der Waals surface area (Å²) in [7, 11) is 0. The van der Waals surface area contributed by atoms with Crippen LogP contribution < -0.4 is 15.8 Å². The van der Waals surface area contributed by atoms with Crippen molar-refractivity contribution in [3.05, 3.63) is 58.1 Å². The smallest absolute Gasteiger partial charge is 0.299 e. The summed E-state index contributed by atoms with van der Waals surface area (Å²) in [4.78, 5) is 55.4. The highest BCUT2D eigenvalue weighted by molar-refractivity contribution is 6.04. The Morgan fingerprint density at radius 1 is 1.12 bits per heavy atom. The van der Waals surface area contributed by atoms with Crippen molar-refractivity contribution < 1.29 is 18.7 Å². The number of aromatic nitrogens is 5. The molecule has 13 nitrogen and oxygen atoms in total. The molecule has 0 radical (unpaired) electrons. The fraction of sp³-hybridized carbons (Fsp3) is 0.556. The van der Waals surface area contributed by atoms with Crippen molar-refractivity contribution in [2.24, 2.45) is 11.3 Å². The molecule has 49 heavy (non-hydrogen) atoms. The van der Waals surface area contributed by atoms with Gasteiger partial charge in [-0.25, -0.2) is 4.98 Å². The molecule has 1 saturated heterocycles. The third kappa shape index (κ3) is 4.53. The highest BCUT2D eigenvalue weighted by Gasteiger charge is 2.69. The van der Waals surface area contributed by atoms with Gasteiger partial charge < -0.3 is 28.8 Å². The van der Waals surface area contributed by atoms with Crippen LogP contribution in [0.2, 0.25) is 0 Å². The van der Waals surface area contributed by atoms with Crippen LogP contribution in [0.5, 0.6) is 0 Å². The normalized spacial score (nSPS) is 27.4. The van der Waals surface area contributed by atoms with Crippen molar-refractivity contribution in [3.63, 3.8) is 0 Å². The van der Waals surface area contributed by atoms with E-state index in [0.29, 0.717) is 84.4 Å². The van der Waals surface area contributed by atoms with E-state index in [1.165, 1.54) is 10.9 Å². The van der Waals surface area contributed by atoms with Crippen molar-refractivity contribution in [3.8, 4) is 0 Å². The number of carbonyl (C=O) groups excluding carboxylic acids is 2. The van der Waals surface area contributed by atoms with E-state index >= 15 is 0 Å². The Hall–Kier alpha value is -4.52. The number of benzene rings is 1. The zero-order valence-corrected chi connectivity index (χ0v) is 28.3. The molecule has 2 bridgehead atoms. The van der Waals surface area contributed by atoms with E-state index in [1.807, 2.05) is 34.6 Å². The van der Waals surface area contributed by atoms with Crippen LogP contribution in [0.3, 0.4) is 0 Å². The molecule has 4 aromatic rings. The highest BCUT2D eigenvalue weighted by atomic mass is 16.5. The molecule has 4 saturated carbocycles. The molecule has 4 aliphatic carbocycles. The van der Waals surface area contributed by atoms with Crippen molar-refractivity contribution in [2.45, 2.75) is 89.9 Å². The lowest BCUT2D eigenvalue weighted by Crippen LogP contribution is -2.76. The Kier molecular flexibility index (Phi) is 6.85. The number of rotatable bonds is 8. The lowest BCUT2D eigenvalue weighted by atomic mass is 9.36. The minimum Gasteiger partial charge on any atom is -0.443 e. The molecule has 13 heteroatoms. The summed E-state index contributed by atoms with van der Waals surface area (Å²) in [6, 6.07) is 5.34. The average Bonchev–Trinajstić information content (AvgIpc) is 3.72. The van der Waals surface area contributed by atoms with Crippen molar-refractivity contribution in [1.29, 1.82) is 0 Å². The summed E-state index contributed by atoms with van der Waals surface area (Å²) in [5, 5.41) is 8.12. The first-order valence-corrected chi connectivity index (χ1v) is 17.7. The van der Waals surface area contributed by atoms with Crippen LogP contribution in [0.25, 0.3) is 22.5 Å². The second-order valence-corrected chi connectivity index (χ2v) is 15.0. The summed E-state index contributed by atoms with van der Waals surface area (Å²) in [6.07, 6.45) is 9.26. The summed E-state index contributed by atoms with van der Waals surface area (Å²) >= 11 is 0. The van der Waals surface area contributed by atoms with Crippen LogP contribution in [0.1, 0.15) is 81.2 Å². The molecule has 1 aromatic carbocycles. The van der Waals surface area contributed by atoms with Gasteiger partial charge in [-0.3, -0.25) is 14.4 Å². The van der Waals surface area contributed by atoms with Crippen LogP contribution >= 0.6 is 0 Å². The van der Waals surface area contributed by atoms with E-state index in [0.717, 1.165) is 43.4 Å². The molecule has 2 amide bonds. The topological polar surface area (TPSA) is 140 Å². The molecule has 0 spiro atoms. The van der Waals surface area contributed by atoms with Gasteiger partial charge in [0.2, 0.25) is 11.7 Å². The van der Waals surface area contributed by atoms with E-state index in [1.54, 1.807) is 6.07 Å². The van der Waals surface area contributed by atoms with Gasteiger partial charge in [0.05, 0.1) is 30.5 Å². The molecule has 3 aromatic heterocycles. The largest absolute Gasteiger partial charge is 0.443 e. The predicted molar refractivity (Wildman–Crippen MR) is 181 cm³/mol. The lowest BCUT2D eigenvalue weighted by Gasteiger charge is -2.72. The molecule has 10 rings (SSSR count). The third-order valence-corrected chi connectivity index (χ3v) is 12.1. The third-order valence-electron chi connectivity index (χ3n) is 12.1. The zero-order valence-electron chi connectivity index (χ0n) is 28.3. The number of fused-ring (bicyclic) bond motifs is 3. The molecular weight excluding hydrogens is 624 g/mol. The van der Waals surface area contributed by atoms with Gasteiger partial charge in [0.15, 0.2) is 17.8 Å². The van der Waals surface area contributed by atoms with Crippen molar-refractivity contribution >= 4 is 40.0 Å². The number of piperazine rings is 1. The first kappa shape index (κ1) is 30.5. The molecule has 1 N–H and O–H groups in total. The fourth-order valence-electron chi connectivity index (χ4n) is 9.33. The number of carbonyl (C=O) groups is 2. The van der Waals surface area contributed by atoms with Gasteiger partial charge in [-0.2, -0.15) is 9.50 Å². The molecule has 5 heterocycles. The number of para-hydroxylation sites is 1. The number of nitrogens with zero attached hydrogens (tertiary/aromatic N) is 7. The number of oxazole rings is 1. The summed E-state index contributed by atoms with van der Waals surface area (Å²) in [6.45, 7) is 8.57. The van der Waals surface area contributed by atoms with Gasteiger partial charge in [0, 0.05) is 24.7 Å². The SMILES string of the molecule is CCc1c(N2CCN(C(=O)c3cccc4ncoc34)[C@H]3CC[C@@H]32)c(=O)n2nc(C3=CCOCC3)nc2n1CC(=O)NC12CC(C(C)C)(C1)C2. The van der Waals surface area contributed by atoms with E-state index < -0.39 is 0 Å². The number of hydrogen-bond acceptors (Lipinski definition) is 9. The Morgan fingerprint density at radius 2 is 1.94 bits per heavy atom. The van der Waals surface area contributed by atoms with E-state index in [-0.39, 0.29) is 41.5 Å². The molecule has 6 aliphatic rings. The number of amides is 2. The molecule has 2 aliphatic heterocycles. The van der Waals surface area contributed by atoms with Crippen LogP contribution in [-0.4, -0.2) is 84.8 Å². The van der Waals surface area contributed by atoms with Gasteiger partial charge in [-0.05, 0) is 74.0 Å². The van der Waals surface area contributed by atoms with Gasteiger partial charge in [0.25, 0.3) is 11.5 Å². The Bertz CT molecular complexity index is 2090. The quantitative estimate of drug-likeness (QED) is 0.299. The second-order valence-electron chi connectivity index (χ2n) is 15.0. The standard InChI is InChI=1S/C36H42N8O5/c1-4-25-29(41-12-13-42(27-9-8-26(27)41)32(46)23-6-5-7-24-30(23)49-20-37-24)33(47)44-34(38-31(40-44)22-10-14-48-15-11-22)43(25)16-28(45)39-36-17-35(18-36,19-36)21(2)3/h5-7,10,20-21,26-27H,4,8-9,11-19H2,1-3H3,(H,39,45)/t26-,27-,35?,36?/m0/s1. The molecule has 0 unspecified atom stereocenters. The van der Waals surface area contributed by atoms with Crippen LogP contribution in [0, 0.1) is 11.3 Å². The average molecular weight is 667 g/mol. The van der Waals surface area contributed by atoms with E-state index in [4.69, 9.17) is 19.2 Å². The Balaban J connectivity index is 1.07. The van der Waals surface area contributed by atoms with Gasteiger partial charge >= 0.3 is 0 Å². The van der Waals surface area contributed by atoms with Gasteiger partial charge in [0.1, 0.15) is 17.7 Å². The summed E-state index contributed by atoms with van der Waals surface area (Å²) in [5.41, 5.74) is 3.89. The number of nitrogens with one attached hydrogen (secondary N) is 1. The van der Waals surface area contributed by atoms with Crippen molar-refractivity contribution in [1.82, 2.24) is 34.4 Å². The van der Waals surface area contributed by atoms with E-state index in [9.17, 15) is 14.4 Å². The summed E-state index contributed by atoms with van der Waals surface area (Å²) < 4.78 is 14.4. The molecule has 2 atom stereocenters. The molecule has 256 valence electrons. The lowest BCUT2D eigenvalue weighted by molar-refractivity contribution is -0.187. The maximum Gasteiger partial charge on any atom is 0.299 e. The maximum atomic E-state index is 14.5. The predicted octanol–water partition coefficient (Wildman–Crippen LogP) is 3.59. The first-order valence-electron chi connectivity index (χ1n) is 17.7. The molecule has 5 fully saturated rings. The van der Waals surface area contributed by atoms with Crippen LogP contribution in [0.4, 0.5) is 5.69 Å². The van der Waals surface area contributed by atoms with Crippen LogP contribution in [-0.2, 0) is 22.5 Å². The second kappa shape index (κ2) is 11.0. The minimum absolute atomic E-state index is 0.0430. The van der Waals surface area contributed by atoms with E-state index in [2.05, 4.69) is 29.0 Å². The monoisotopic (exact) mass is 666 g/mol. The molecular formula is C36H42N8O5. The Labute approximate surface area is 283 Å². The zero-order chi connectivity index (χ0) is 33.7. The minimum atomic E-state index is -0.245. The van der Waals surface area contributed by atoms with Gasteiger partial charge in [-0.1, -0.05) is 32.9 Å². The Morgan fingerprint density at radius 3 is 2.65 bits per heavy atom. The van der Waals surface area contributed by atoms with Gasteiger partial charge in [-0.15, -0.1) is 5.10 Å². The maximum absolute atomic E-state index is 14.5. The number of ether oxygens (including phenoxy) is 1. The number of hydrogen-bond donors (Lipinski definition) is 1. The first-order chi connectivity index (χ1) is 23.7. The fourth-order valence-corrected chi connectivity index (χ4v) is 9.33. The highest BCUT2D eigenvalue weighted by Crippen LogP contribution is 2.70. The summed E-state index contributed by atoms with van der Waals surface area (Å²) in [5.74, 6) is 1.31. The number of anilines is 1. The van der Waals surface area contributed by atoms with Crippen molar-refractivity contribution in [2.75, 3.05) is 31.2 Å². The van der Waals surface area contributed by atoms with Crippen LogP contribution in [0.15, 0.2) is 39.9 Å².